The molecular formula is C15H31NO2. The van der Waals surface area contributed by atoms with Crippen molar-refractivity contribution < 1.29 is 9.90 Å². The van der Waals surface area contributed by atoms with Crippen molar-refractivity contribution in [2.24, 2.45) is 5.92 Å². The van der Waals surface area contributed by atoms with Crippen molar-refractivity contribution in [2.45, 2.75) is 71.3 Å². The minimum Gasteiger partial charge on any atom is -0.393 e. The van der Waals surface area contributed by atoms with Crippen molar-refractivity contribution in [3.8, 4) is 0 Å². The summed E-state index contributed by atoms with van der Waals surface area (Å²) >= 11 is 0. The summed E-state index contributed by atoms with van der Waals surface area (Å²) in [7, 11) is 3.62. The molecule has 3 heteroatoms. The second-order valence-corrected chi connectivity index (χ2v) is 5.55. The third-order valence-electron chi connectivity index (χ3n) is 3.62. The van der Waals surface area contributed by atoms with Gasteiger partial charge in [-0.3, -0.25) is 4.79 Å². The monoisotopic (exact) mass is 257 g/mol. The van der Waals surface area contributed by atoms with Gasteiger partial charge in [0.25, 0.3) is 0 Å². The van der Waals surface area contributed by atoms with E-state index in [2.05, 4.69) is 6.92 Å². The van der Waals surface area contributed by atoms with Crippen LogP contribution in [0.4, 0.5) is 0 Å². The van der Waals surface area contributed by atoms with Crippen LogP contribution in [-0.4, -0.2) is 36.1 Å². The van der Waals surface area contributed by atoms with E-state index in [1.165, 1.54) is 19.3 Å². The molecule has 0 aliphatic carbocycles. The van der Waals surface area contributed by atoms with Gasteiger partial charge in [-0.15, -0.1) is 0 Å². The topological polar surface area (TPSA) is 40.5 Å². The zero-order valence-electron chi connectivity index (χ0n) is 12.6. The fraction of sp³-hybridized carbons (Fsp3) is 0.933. The SMILES string of the molecule is CC[C@H](O)[C@H](C)CCCCCCCC(=O)N(C)C. The van der Waals surface area contributed by atoms with Gasteiger partial charge in [0.1, 0.15) is 0 Å². The summed E-state index contributed by atoms with van der Waals surface area (Å²) < 4.78 is 0. The Kier molecular flexibility index (Phi) is 10.0. The van der Waals surface area contributed by atoms with Crippen molar-refractivity contribution in [1.29, 1.82) is 0 Å². The number of amides is 1. The van der Waals surface area contributed by atoms with Crippen LogP contribution in [0.5, 0.6) is 0 Å². The molecule has 108 valence electrons. The molecule has 0 rings (SSSR count). The molecular weight excluding hydrogens is 226 g/mol. The Balaban J connectivity index is 3.34. The fourth-order valence-corrected chi connectivity index (χ4v) is 2.09. The normalized spacial score (nSPS) is 14.3. The highest BCUT2D eigenvalue weighted by atomic mass is 16.3. The van der Waals surface area contributed by atoms with Crippen LogP contribution in [0.1, 0.15) is 65.2 Å². The second-order valence-electron chi connectivity index (χ2n) is 5.55. The van der Waals surface area contributed by atoms with Crippen LogP contribution < -0.4 is 0 Å². The molecule has 1 amide bonds. The molecule has 0 aliphatic heterocycles. The lowest BCUT2D eigenvalue weighted by Gasteiger charge is -2.16. The van der Waals surface area contributed by atoms with E-state index in [4.69, 9.17) is 0 Å². The van der Waals surface area contributed by atoms with Crippen LogP contribution in [0.15, 0.2) is 0 Å². The number of aliphatic hydroxyl groups excluding tert-OH is 1. The van der Waals surface area contributed by atoms with E-state index in [-0.39, 0.29) is 12.0 Å². The van der Waals surface area contributed by atoms with E-state index in [0.29, 0.717) is 12.3 Å². The van der Waals surface area contributed by atoms with Gasteiger partial charge in [0.05, 0.1) is 6.10 Å². The van der Waals surface area contributed by atoms with Crippen molar-refractivity contribution in [1.82, 2.24) is 4.90 Å². The molecule has 0 saturated heterocycles. The molecule has 0 aromatic heterocycles. The van der Waals surface area contributed by atoms with E-state index in [1.807, 2.05) is 21.0 Å². The maximum atomic E-state index is 11.3. The highest BCUT2D eigenvalue weighted by Crippen LogP contribution is 2.16. The molecule has 18 heavy (non-hydrogen) atoms. The third kappa shape index (κ3) is 8.51. The summed E-state index contributed by atoms with van der Waals surface area (Å²) in [5.74, 6) is 0.653. The van der Waals surface area contributed by atoms with Gasteiger partial charge in [0.2, 0.25) is 5.91 Å². The lowest BCUT2D eigenvalue weighted by atomic mass is 9.95. The standard InChI is InChI=1S/C15H31NO2/c1-5-14(17)13(2)11-9-7-6-8-10-12-15(18)16(3)4/h13-14,17H,5-12H2,1-4H3/t13-,14+/m1/s1. The summed E-state index contributed by atoms with van der Waals surface area (Å²) in [6, 6.07) is 0. The summed E-state index contributed by atoms with van der Waals surface area (Å²) in [4.78, 5) is 13.0. The minimum atomic E-state index is -0.136. The Morgan fingerprint density at radius 3 is 2.22 bits per heavy atom. The van der Waals surface area contributed by atoms with Crippen molar-refractivity contribution in [3.63, 3.8) is 0 Å². The first-order valence-electron chi connectivity index (χ1n) is 7.37. The van der Waals surface area contributed by atoms with Gasteiger partial charge < -0.3 is 10.0 Å². The first kappa shape index (κ1) is 17.4. The molecule has 2 atom stereocenters. The second kappa shape index (κ2) is 10.4. The molecule has 0 fully saturated rings. The van der Waals surface area contributed by atoms with Crippen molar-refractivity contribution in [3.05, 3.63) is 0 Å². The zero-order valence-corrected chi connectivity index (χ0v) is 12.6. The molecule has 0 bridgehead atoms. The Bertz CT molecular complexity index is 217. The lowest BCUT2D eigenvalue weighted by molar-refractivity contribution is -0.128. The number of nitrogens with zero attached hydrogens (tertiary/aromatic N) is 1. The Morgan fingerprint density at radius 2 is 1.67 bits per heavy atom. The first-order chi connectivity index (χ1) is 8.49. The van der Waals surface area contributed by atoms with Gasteiger partial charge in [-0.25, -0.2) is 0 Å². The molecule has 0 heterocycles. The van der Waals surface area contributed by atoms with Gasteiger partial charge in [-0.05, 0) is 25.2 Å². The minimum absolute atomic E-state index is 0.136. The predicted molar refractivity (Wildman–Crippen MR) is 76.5 cm³/mol. The number of carbonyl (C=O) groups is 1. The van der Waals surface area contributed by atoms with Crippen LogP contribution >= 0.6 is 0 Å². The van der Waals surface area contributed by atoms with Crippen LogP contribution in [0, 0.1) is 5.92 Å². The maximum absolute atomic E-state index is 11.3. The van der Waals surface area contributed by atoms with E-state index < -0.39 is 0 Å². The molecule has 0 radical (unpaired) electrons. The summed E-state index contributed by atoms with van der Waals surface area (Å²) in [6.07, 6.45) is 8.28. The average Bonchev–Trinajstić information content (AvgIpc) is 2.35. The Labute approximate surface area is 113 Å². The van der Waals surface area contributed by atoms with Gasteiger partial charge in [0.15, 0.2) is 0 Å². The number of aliphatic hydroxyl groups is 1. The molecule has 3 nitrogen and oxygen atoms in total. The van der Waals surface area contributed by atoms with Crippen LogP contribution in [0.3, 0.4) is 0 Å². The molecule has 0 aromatic carbocycles. The number of hydrogen-bond donors (Lipinski definition) is 1. The largest absolute Gasteiger partial charge is 0.393 e. The van der Waals surface area contributed by atoms with E-state index in [0.717, 1.165) is 25.7 Å². The Morgan fingerprint density at radius 1 is 1.11 bits per heavy atom. The summed E-state index contributed by atoms with van der Waals surface area (Å²) in [5, 5.41) is 9.64. The average molecular weight is 257 g/mol. The quantitative estimate of drug-likeness (QED) is 0.610. The summed E-state index contributed by atoms with van der Waals surface area (Å²) in [5.41, 5.74) is 0. The lowest BCUT2D eigenvalue weighted by Crippen LogP contribution is -2.20. The van der Waals surface area contributed by atoms with E-state index >= 15 is 0 Å². The van der Waals surface area contributed by atoms with E-state index in [1.54, 1.807) is 4.90 Å². The third-order valence-corrected chi connectivity index (χ3v) is 3.62. The number of unbranched alkanes of at least 4 members (excludes halogenated alkanes) is 4. The maximum Gasteiger partial charge on any atom is 0.222 e. The number of carbonyl (C=O) groups excluding carboxylic acids is 1. The first-order valence-corrected chi connectivity index (χ1v) is 7.37. The van der Waals surface area contributed by atoms with Crippen molar-refractivity contribution in [2.75, 3.05) is 14.1 Å². The molecule has 0 aliphatic rings. The number of rotatable bonds is 10. The molecule has 0 saturated carbocycles. The van der Waals surface area contributed by atoms with Gasteiger partial charge >= 0.3 is 0 Å². The predicted octanol–water partition coefficient (Wildman–Crippen LogP) is 3.21. The Hall–Kier alpha value is -0.570. The number of hydrogen-bond acceptors (Lipinski definition) is 2. The van der Waals surface area contributed by atoms with Crippen LogP contribution in [0.2, 0.25) is 0 Å². The van der Waals surface area contributed by atoms with E-state index in [9.17, 15) is 9.90 Å². The zero-order chi connectivity index (χ0) is 14.0. The molecule has 0 spiro atoms. The highest BCUT2D eigenvalue weighted by molar-refractivity contribution is 5.75. The fourth-order valence-electron chi connectivity index (χ4n) is 2.09. The van der Waals surface area contributed by atoms with Crippen LogP contribution in [-0.2, 0) is 4.79 Å². The highest BCUT2D eigenvalue weighted by Gasteiger charge is 2.10. The van der Waals surface area contributed by atoms with Gasteiger partial charge in [-0.2, -0.15) is 0 Å². The van der Waals surface area contributed by atoms with Gasteiger partial charge in [0, 0.05) is 20.5 Å². The molecule has 0 unspecified atom stereocenters. The summed E-state index contributed by atoms with van der Waals surface area (Å²) in [6.45, 7) is 4.16. The smallest absolute Gasteiger partial charge is 0.222 e. The molecule has 1 N–H and O–H groups in total. The van der Waals surface area contributed by atoms with Crippen LogP contribution in [0.25, 0.3) is 0 Å². The molecule has 0 aromatic rings. The van der Waals surface area contributed by atoms with Gasteiger partial charge in [-0.1, -0.05) is 39.5 Å². The van der Waals surface area contributed by atoms with Crippen molar-refractivity contribution >= 4 is 5.91 Å².